The third kappa shape index (κ3) is 8.64. The molecule has 0 aromatic heterocycles. The van der Waals surface area contributed by atoms with E-state index >= 15 is 0 Å². The van der Waals surface area contributed by atoms with E-state index in [2.05, 4.69) is 5.32 Å². The zero-order valence-corrected chi connectivity index (χ0v) is 33.7. The van der Waals surface area contributed by atoms with Crippen molar-refractivity contribution in [2.75, 3.05) is 33.1 Å². The van der Waals surface area contributed by atoms with Gasteiger partial charge in [-0.2, -0.15) is 0 Å². The highest BCUT2D eigenvalue weighted by Crippen LogP contribution is 2.54. The molecule has 0 spiro atoms. The quantitative estimate of drug-likeness (QED) is 0.209. The van der Waals surface area contributed by atoms with E-state index < -0.39 is 95.5 Å². The number of nitrogens with one attached hydrogen (secondary N) is 1. The van der Waals surface area contributed by atoms with Gasteiger partial charge < -0.3 is 54.3 Å². The van der Waals surface area contributed by atoms with Crippen LogP contribution in [0, 0.1) is 30.6 Å². The number of aromatic hydroxyl groups is 2. The number of aliphatic hydroxyl groups excluding tert-OH is 2. The molecular formula is C41H54N2O13. The Morgan fingerprint density at radius 3 is 2.23 bits per heavy atom. The fraction of sp³-hybridized carbons (Fsp3) is 0.512. The molecule has 3 heterocycles. The summed E-state index contributed by atoms with van der Waals surface area (Å²) in [6, 6.07) is 1.25. The normalized spacial score (nSPS) is 30.8. The van der Waals surface area contributed by atoms with Crippen LogP contribution in [0.15, 0.2) is 42.2 Å². The Morgan fingerprint density at radius 2 is 1.62 bits per heavy atom. The molecule has 306 valence electrons. The molecule has 5 bridgehead atoms. The average molecular weight is 783 g/mol. The van der Waals surface area contributed by atoms with Gasteiger partial charge in [0.1, 0.15) is 23.4 Å². The van der Waals surface area contributed by atoms with Crippen LogP contribution in [0.4, 0.5) is 5.69 Å². The van der Waals surface area contributed by atoms with Crippen LogP contribution in [0.2, 0.25) is 0 Å². The van der Waals surface area contributed by atoms with Gasteiger partial charge in [0.2, 0.25) is 0 Å². The first kappa shape index (κ1) is 43.6. The van der Waals surface area contributed by atoms with Crippen LogP contribution < -0.4 is 14.8 Å². The summed E-state index contributed by atoms with van der Waals surface area (Å²) in [5, 5.41) is 48.1. The molecule has 56 heavy (non-hydrogen) atoms. The summed E-state index contributed by atoms with van der Waals surface area (Å²) in [6.07, 6.45) is 3.57. The maximum Gasteiger partial charge on any atom is 0.312 e. The Kier molecular flexibility index (Phi) is 13.5. The van der Waals surface area contributed by atoms with Crippen molar-refractivity contribution in [1.82, 2.24) is 4.90 Å². The molecule has 2 aromatic rings. The number of ketones is 1. The van der Waals surface area contributed by atoms with Crippen molar-refractivity contribution in [3.8, 4) is 23.0 Å². The maximum absolute atomic E-state index is 14.4. The lowest BCUT2D eigenvalue weighted by Gasteiger charge is -2.38. The highest BCUT2D eigenvalue weighted by Gasteiger charge is 2.49. The van der Waals surface area contributed by atoms with Crippen molar-refractivity contribution in [2.24, 2.45) is 23.7 Å². The summed E-state index contributed by atoms with van der Waals surface area (Å²) < 4.78 is 29.5. The third-order valence-corrected chi connectivity index (χ3v) is 10.7. The minimum Gasteiger partial charge on any atom is -0.507 e. The summed E-state index contributed by atoms with van der Waals surface area (Å²) in [6.45, 7) is 12.0. The van der Waals surface area contributed by atoms with Crippen LogP contribution in [0.1, 0.15) is 64.4 Å². The van der Waals surface area contributed by atoms with Crippen LogP contribution in [-0.4, -0.2) is 107 Å². The average Bonchev–Trinajstić information content (AvgIpc) is 3.41. The number of nitrogens with zero attached hydrogens (tertiary/aromatic N) is 1. The minimum atomic E-state index is -2.02. The number of hydrogen-bond donors (Lipinski definition) is 5. The number of allylic oxidation sites excluding steroid dienone is 2. The summed E-state index contributed by atoms with van der Waals surface area (Å²) in [5.74, 6) is -8.12. The van der Waals surface area contributed by atoms with E-state index in [1.165, 1.54) is 78.3 Å². The molecule has 5 N–H and O–H groups in total. The Labute approximate surface area is 326 Å². The largest absolute Gasteiger partial charge is 0.507 e. The van der Waals surface area contributed by atoms with E-state index in [1.54, 1.807) is 39.8 Å². The van der Waals surface area contributed by atoms with Gasteiger partial charge in [0.15, 0.2) is 12.4 Å². The van der Waals surface area contributed by atoms with Crippen LogP contribution in [0.25, 0.3) is 10.8 Å². The lowest BCUT2D eigenvalue weighted by Crippen LogP contribution is -2.46. The Balaban J connectivity index is 1.94. The third-order valence-electron chi connectivity index (χ3n) is 10.7. The van der Waals surface area contributed by atoms with E-state index in [0.717, 1.165) is 0 Å². The van der Waals surface area contributed by atoms with E-state index in [1.807, 2.05) is 0 Å². The molecule has 5 rings (SSSR count). The number of fused-ring (bicyclic) bond motifs is 14. The number of phenolic OH excluding ortho intramolecular Hbond substituents is 2. The van der Waals surface area contributed by atoms with Crippen LogP contribution in [-0.2, 0) is 28.6 Å². The van der Waals surface area contributed by atoms with Gasteiger partial charge in [-0.05, 0) is 19.9 Å². The number of methoxy groups -OCH3 is 1. The summed E-state index contributed by atoms with van der Waals surface area (Å²) in [7, 11) is 4.49. The number of ether oxygens (including phenoxy) is 5. The molecule has 2 amide bonds. The van der Waals surface area contributed by atoms with Crippen LogP contribution >= 0.6 is 0 Å². The summed E-state index contributed by atoms with van der Waals surface area (Å²) in [4.78, 5) is 54.0. The molecular weight excluding hydrogens is 728 g/mol. The van der Waals surface area contributed by atoms with Gasteiger partial charge in [-0.25, -0.2) is 0 Å². The number of esters is 1. The predicted molar refractivity (Wildman–Crippen MR) is 206 cm³/mol. The Bertz CT molecular complexity index is 1950. The van der Waals surface area contributed by atoms with Gasteiger partial charge in [-0.3, -0.25) is 19.2 Å². The second kappa shape index (κ2) is 17.3. The van der Waals surface area contributed by atoms with Gasteiger partial charge in [0, 0.05) is 81.3 Å². The first-order valence-corrected chi connectivity index (χ1v) is 18.4. The van der Waals surface area contributed by atoms with Gasteiger partial charge in [-0.1, -0.05) is 45.9 Å². The molecule has 0 radical (unpaired) electrons. The van der Waals surface area contributed by atoms with Crippen molar-refractivity contribution < 1.29 is 63.3 Å². The fourth-order valence-electron chi connectivity index (χ4n) is 7.02. The smallest absolute Gasteiger partial charge is 0.312 e. The van der Waals surface area contributed by atoms with Gasteiger partial charge in [0.25, 0.3) is 17.6 Å². The number of Topliss-reactive ketones (excluding diaryl/α,β-unsaturated/α-hetero) is 1. The number of aliphatic hydroxyl groups is 2. The zero-order valence-electron chi connectivity index (χ0n) is 33.7. The number of likely N-dealkylation sites (N-methyl/N-ethyl adjacent to an activating group) is 1. The molecule has 3 aliphatic heterocycles. The number of phenols is 2. The van der Waals surface area contributed by atoms with Crippen LogP contribution in [0.3, 0.4) is 0 Å². The zero-order chi connectivity index (χ0) is 42.0. The number of benzene rings is 2. The summed E-state index contributed by atoms with van der Waals surface area (Å²) >= 11 is 0. The fourth-order valence-corrected chi connectivity index (χ4v) is 7.02. The highest BCUT2D eigenvalue weighted by atomic mass is 16.7. The minimum absolute atomic E-state index is 0.0631. The molecule has 0 aliphatic carbocycles. The van der Waals surface area contributed by atoms with E-state index in [-0.39, 0.29) is 44.7 Å². The number of hydrogen-bond acceptors (Lipinski definition) is 13. The number of carbonyl (C=O) groups excluding carboxylic acids is 4. The number of rotatable bonds is 5. The molecule has 0 saturated heterocycles. The standard InChI is InChI=1S/C41H54N2O13/c1-19-13-12-14-20(2)40(51)42-26-17-28(53-18-29(45)43(9)10)30-31(36(26)49)35(48)24(6)38-32(30)39(50)41(8,56-38)54-16-15-27(52-11)21(3)37(55-25(7)44)23(5)34(47)22(4)33(19)46/h12-17,19,21-23,27,33-34,37,46-49H,18H2,1-11H3,(H,42,51)/b13-12+,16-15+,20-14+. The molecule has 15 heteroatoms. The molecule has 15 nitrogen and oxygen atoms in total. The molecule has 2 aromatic carbocycles. The van der Waals surface area contributed by atoms with Gasteiger partial charge >= 0.3 is 11.8 Å². The van der Waals surface area contributed by atoms with E-state index in [4.69, 9.17) is 23.7 Å². The van der Waals surface area contributed by atoms with Crippen molar-refractivity contribution in [3.05, 3.63) is 53.3 Å². The number of amides is 2. The molecule has 3 aliphatic rings. The Morgan fingerprint density at radius 1 is 0.964 bits per heavy atom. The van der Waals surface area contributed by atoms with E-state index in [9.17, 15) is 39.6 Å². The van der Waals surface area contributed by atoms with Gasteiger partial charge in [-0.15, -0.1) is 0 Å². The molecule has 9 unspecified atom stereocenters. The second-order valence-electron chi connectivity index (χ2n) is 15.0. The maximum atomic E-state index is 14.4. The monoisotopic (exact) mass is 782 g/mol. The predicted octanol–water partition coefficient (Wildman–Crippen LogP) is 4.52. The lowest BCUT2D eigenvalue weighted by atomic mass is 9.78. The van der Waals surface area contributed by atoms with Crippen molar-refractivity contribution >= 4 is 40.0 Å². The van der Waals surface area contributed by atoms with E-state index in [0.29, 0.717) is 0 Å². The topological polar surface area (TPSA) is 211 Å². The molecule has 0 fully saturated rings. The first-order chi connectivity index (χ1) is 26.2. The van der Waals surface area contributed by atoms with Crippen molar-refractivity contribution in [1.29, 1.82) is 0 Å². The van der Waals surface area contributed by atoms with Crippen LogP contribution in [0.5, 0.6) is 23.0 Å². The lowest BCUT2D eigenvalue weighted by molar-refractivity contribution is -0.160. The molecule has 9 atom stereocenters. The van der Waals surface area contributed by atoms with Crippen molar-refractivity contribution in [3.63, 3.8) is 0 Å². The molecule has 0 saturated carbocycles. The Hall–Kier alpha value is -5.12. The second-order valence-corrected chi connectivity index (χ2v) is 15.0. The number of carbonyl (C=O) groups is 4. The first-order valence-electron chi connectivity index (χ1n) is 18.4. The van der Waals surface area contributed by atoms with Crippen molar-refractivity contribution in [2.45, 2.75) is 85.6 Å². The highest BCUT2D eigenvalue weighted by molar-refractivity contribution is 6.21. The SMILES string of the molecule is COC1/C=C/OC2(C)Oc3c(C)c(O)c4c(O)c(cc(OCC(=O)N(C)C)c4c3C2=O)NC(=O)/C(C)=C/C=C/C(C)C(O)C(C)C(O)C(C)C(OC(C)=O)C1C. The number of anilines is 1. The van der Waals surface area contributed by atoms with Gasteiger partial charge in [0.05, 0.1) is 41.2 Å². The summed E-state index contributed by atoms with van der Waals surface area (Å²) in [5.41, 5.74) is -0.0315.